The number of rotatable bonds is 1. The minimum Gasteiger partial charge on any atom is -0.298 e. The van der Waals surface area contributed by atoms with Gasteiger partial charge in [-0.05, 0) is 5.56 Å². The fraction of sp³-hybridized carbons (Fsp3) is 0.429. The molecular weight excluding hydrogens is 200 g/mol. The zero-order valence-corrected chi connectivity index (χ0v) is 9.91. The van der Waals surface area contributed by atoms with Crippen LogP contribution in [0.15, 0.2) is 24.3 Å². The lowest BCUT2D eigenvalue weighted by atomic mass is 9.80. The molecule has 1 aromatic carbocycles. The molecule has 0 aliphatic heterocycles. The van der Waals surface area contributed by atoms with E-state index in [1.165, 1.54) is 0 Å². The normalized spacial score (nSPS) is 19.7. The van der Waals surface area contributed by atoms with Gasteiger partial charge < -0.3 is 0 Å². The maximum atomic E-state index is 12.2. The third-order valence-corrected chi connectivity index (χ3v) is 3.08. The highest BCUT2D eigenvalue weighted by Gasteiger charge is 2.38. The minimum atomic E-state index is -0.387. The van der Waals surface area contributed by atoms with Crippen molar-refractivity contribution >= 4 is 11.6 Å². The Labute approximate surface area is 95.7 Å². The van der Waals surface area contributed by atoms with Gasteiger partial charge in [0.1, 0.15) is 5.78 Å². The highest BCUT2D eigenvalue weighted by Crippen LogP contribution is 2.37. The summed E-state index contributed by atoms with van der Waals surface area (Å²) in [6, 6.07) is 7.45. The number of hydrogen-bond donors (Lipinski definition) is 0. The van der Waals surface area contributed by atoms with E-state index in [1.54, 1.807) is 0 Å². The van der Waals surface area contributed by atoms with Crippen LogP contribution in [0.3, 0.4) is 0 Å². The molecule has 0 heterocycles. The highest BCUT2D eigenvalue weighted by molar-refractivity contribution is 6.08. The Balaban J connectivity index is 2.42. The lowest BCUT2D eigenvalue weighted by Gasteiger charge is -2.21. The number of carbonyl (C=O) groups is 2. The van der Waals surface area contributed by atoms with Gasteiger partial charge in [0, 0.05) is 17.4 Å². The van der Waals surface area contributed by atoms with E-state index in [0.717, 1.165) is 11.1 Å². The number of fused-ring (bicyclic) bond motifs is 1. The predicted molar refractivity (Wildman–Crippen MR) is 62.6 cm³/mol. The summed E-state index contributed by atoms with van der Waals surface area (Å²) in [7, 11) is 0. The maximum absolute atomic E-state index is 12.2. The van der Waals surface area contributed by atoms with Gasteiger partial charge in [0.05, 0.1) is 5.92 Å². The smallest absolute Gasteiger partial charge is 0.164 e. The van der Waals surface area contributed by atoms with Crippen molar-refractivity contribution in [3.63, 3.8) is 0 Å². The zero-order valence-electron chi connectivity index (χ0n) is 9.91. The molecule has 0 radical (unpaired) electrons. The van der Waals surface area contributed by atoms with Gasteiger partial charge in [-0.15, -0.1) is 0 Å². The van der Waals surface area contributed by atoms with Gasteiger partial charge in [0.15, 0.2) is 5.78 Å². The molecule has 2 rings (SSSR count). The molecule has 0 saturated carbocycles. The minimum absolute atomic E-state index is 0.0956. The number of benzene rings is 1. The second kappa shape index (κ2) is 3.55. The van der Waals surface area contributed by atoms with Crippen molar-refractivity contribution in [3.8, 4) is 0 Å². The molecule has 0 fully saturated rings. The quantitative estimate of drug-likeness (QED) is 0.723. The summed E-state index contributed by atoms with van der Waals surface area (Å²) in [4.78, 5) is 24.0. The van der Waals surface area contributed by atoms with E-state index in [2.05, 4.69) is 0 Å². The van der Waals surface area contributed by atoms with E-state index >= 15 is 0 Å². The monoisotopic (exact) mass is 216 g/mol. The molecule has 2 nitrogen and oxygen atoms in total. The molecule has 0 spiro atoms. The Hall–Kier alpha value is -1.44. The summed E-state index contributed by atoms with van der Waals surface area (Å²) in [5.74, 6) is 0.0210. The van der Waals surface area contributed by atoms with Crippen molar-refractivity contribution in [3.05, 3.63) is 35.4 Å². The molecule has 1 aliphatic carbocycles. The summed E-state index contributed by atoms with van der Waals surface area (Å²) in [5, 5.41) is 0. The van der Waals surface area contributed by atoms with Crippen LogP contribution in [-0.2, 0) is 4.79 Å². The Bertz CT molecular complexity index is 452. The average Bonchev–Trinajstić information content (AvgIpc) is 2.55. The number of carbonyl (C=O) groups excluding carboxylic acids is 2. The summed E-state index contributed by atoms with van der Waals surface area (Å²) in [5.41, 5.74) is 1.25. The lowest BCUT2D eigenvalue weighted by molar-refractivity contribution is -0.127. The van der Waals surface area contributed by atoms with Crippen LogP contribution in [0.4, 0.5) is 0 Å². The van der Waals surface area contributed by atoms with Crippen molar-refractivity contribution in [1.82, 2.24) is 0 Å². The Morgan fingerprint density at radius 2 is 1.88 bits per heavy atom. The molecule has 0 amide bonds. The van der Waals surface area contributed by atoms with Gasteiger partial charge in [0.2, 0.25) is 0 Å². The number of ketones is 2. The molecule has 1 unspecified atom stereocenters. The van der Waals surface area contributed by atoms with E-state index in [4.69, 9.17) is 0 Å². The summed E-state index contributed by atoms with van der Waals surface area (Å²) < 4.78 is 0. The van der Waals surface area contributed by atoms with Crippen LogP contribution in [0.5, 0.6) is 0 Å². The second-order valence-electron chi connectivity index (χ2n) is 5.38. The average molecular weight is 216 g/mol. The molecule has 84 valence electrons. The first-order chi connectivity index (χ1) is 7.41. The molecule has 2 heteroatoms. The van der Waals surface area contributed by atoms with Crippen LogP contribution >= 0.6 is 0 Å². The van der Waals surface area contributed by atoms with Gasteiger partial charge in [-0.1, -0.05) is 45.0 Å². The summed E-state index contributed by atoms with van der Waals surface area (Å²) >= 11 is 0. The SMILES string of the molecule is CC(C)(C)C(=O)C1CC(=O)c2ccccc21. The standard InChI is InChI=1S/C14H16O2/c1-14(2,3)13(16)11-8-12(15)10-7-5-4-6-9(10)11/h4-7,11H,8H2,1-3H3. The molecule has 1 aliphatic rings. The Morgan fingerprint density at radius 3 is 2.50 bits per heavy atom. The van der Waals surface area contributed by atoms with Crippen molar-refractivity contribution < 1.29 is 9.59 Å². The first-order valence-electron chi connectivity index (χ1n) is 5.57. The van der Waals surface area contributed by atoms with Crippen molar-refractivity contribution in [2.45, 2.75) is 33.1 Å². The largest absolute Gasteiger partial charge is 0.298 e. The second-order valence-corrected chi connectivity index (χ2v) is 5.38. The topological polar surface area (TPSA) is 34.1 Å². The van der Waals surface area contributed by atoms with Gasteiger partial charge >= 0.3 is 0 Å². The molecule has 1 aromatic rings. The van der Waals surface area contributed by atoms with Crippen LogP contribution in [0.25, 0.3) is 0 Å². The highest BCUT2D eigenvalue weighted by atomic mass is 16.1. The number of hydrogen-bond acceptors (Lipinski definition) is 2. The first-order valence-corrected chi connectivity index (χ1v) is 5.57. The summed E-state index contributed by atoms with van der Waals surface area (Å²) in [6.07, 6.45) is 0.343. The van der Waals surface area contributed by atoms with Gasteiger partial charge in [-0.3, -0.25) is 9.59 Å². The molecule has 16 heavy (non-hydrogen) atoms. The number of Topliss-reactive ketones (excluding diaryl/α,β-unsaturated/α-hetero) is 2. The third-order valence-electron chi connectivity index (χ3n) is 3.08. The van der Waals surface area contributed by atoms with E-state index in [-0.39, 0.29) is 22.9 Å². The fourth-order valence-electron chi connectivity index (χ4n) is 2.22. The molecule has 0 saturated heterocycles. The Kier molecular flexibility index (Phi) is 2.45. The van der Waals surface area contributed by atoms with Gasteiger partial charge in [0.25, 0.3) is 0 Å². The zero-order chi connectivity index (χ0) is 11.9. The maximum Gasteiger partial charge on any atom is 0.164 e. The van der Waals surface area contributed by atoms with E-state index in [9.17, 15) is 9.59 Å². The molecule has 1 atom stereocenters. The van der Waals surface area contributed by atoms with Crippen molar-refractivity contribution in [1.29, 1.82) is 0 Å². The lowest BCUT2D eigenvalue weighted by Crippen LogP contribution is -2.25. The van der Waals surface area contributed by atoms with Crippen LogP contribution in [0.2, 0.25) is 0 Å². The van der Waals surface area contributed by atoms with Crippen molar-refractivity contribution in [2.24, 2.45) is 5.41 Å². The Morgan fingerprint density at radius 1 is 1.25 bits per heavy atom. The van der Waals surface area contributed by atoms with Gasteiger partial charge in [-0.2, -0.15) is 0 Å². The molecule has 0 N–H and O–H groups in total. The molecule has 0 aromatic heterocycles. The van der Waals surface area contributed by atoms with Crippen LogP contribution in [-0.4, -0.2) is 11.6 Å². The van der Waals surface area contributed by atoms with Crippen LogP contribution in [0, 0.1) is 5.41 Å². The van der Waals surface area contributed by atoms with Crippen LogP contribution in [0.1, 0.15) is 49.0 Å². The van der Waals surface area contributed by atoms with Crippen LogP contribution < -0.4 is 0 Å². The third kappa shape index (κ3) is 1.69. The van der Waals surface area contributed by atoms with E-state index in [1.807, 2.05) is 45.0 Å². The van der Waals surface area contributed by atoms with Crippen molar-refractivity contribution in [2.75, 3.05) is 0 Å². The fourth-order valence-corrected chi connectivity index (χ4v) is 2.22. The predicted octanol–water partition coefficient (Wildman–Crippen LogP) is 2.97. The molecular formula is C14H16O2. The molecule has 0 bridgehead atoms. The van der Waals surface area contributed by atoms with E-state index in [0.29, 0.717) is 6.42 Å². The first kappa shape index (κ1) is 11.1. The van der Waals surface area contributed by atoms with Gasteiger partial charge in [-0.25, -0.2) is 0 Å². The summed E-state index contributed by atoms with van der Waals surface area (Å²) in [6.45, 7) is 5.71. The van der Waals surface area contributed by atoms with E-state index < -0.39 is 0 Å².